The fourth-order valence-electron chi connectivity index (χ4n) is 18.5. The van der Waals surface area contributed by atoms with Crippen molar-refractivity contribution in [3.63, 3.8) is 0 Å². The molecule has 0 radical (unpaired) electrons. The number of rotatable bonds is 103. The van der Waals surface area contributed by atoms with Gasteiger partial charge < -0.3 is 39.4 Å². The monoisotopic (exact) mass is 1810 g/mol. The molecule has 0 aromatic heterocycles. The minimum Gasteiger partial charge on any atom is -0.462 e. The molecule has 0 atom stereocenters. The summed E-state index contributed by atoms with van der Waals surface area (Å²) in [6.07, 6.45) is 92.0. The predicted molar refractivity (Wildman–Crippen MR) is 550 cm³/mol. The second-order valence-corrected chi connectivity index (χ2v) is 41.5. The SMILES string of the molecule is CCCCCCCCC(CCCCCCCC)OC(=O)CCCCCCCN(CCCCCCC(C)(C)C(=O)OC(CCCCCCCC)CCCCCCCC)CCCNC(=O)CCC(=O)NCCCN(CCCCCCCC(=O)OC(CCCCCCCC)CCCCCCCC)CCCCCCC(C)(C)C(=O)OC(CCCCCCCC)CCCCCCCC. The maximum atomic E-state index is 13.9. The van der Waals surface area contributed by atoms with Crippen LogP contribution in [0.15, 0.2) is 0 Å². The molecule has 0 fully saturated rings. The van der Waals surface area contributed by atoms with Crippen molar-refractivity contribution in [3.8, 4) is 0 Å². The quantitative estimate of drug-likeness (QED) is 0.0336. The Morgan fingerprint density at radius 3 is 0.617 bits per heavy atom. The molecule has 2 amide bonds. The smallest absolute Gasteiger partial charge is 0.311 e. The van der Waals surface area contributed by atoms with Gasteiger partial charge in [-0.3, -0.25) is 28.8 Å². The van der Waals surface area contributed by atoms with Crippen LogP contribution < -0.4 is 10.6 Å². The summed E-state index contributed by atoms with van der Waals surface area (Å²) in [5.41, 5.74) is -1.01. The van der Waals surface area contributed by atoms with E-state index in [-0.39, 0.29) is 72.9 Å². The summed E-state index contributed by atoms with van der Waals surface area (Å²) in [5.74, 6) is -0.207. The lowest BCUT2D eigenvalue weighted by Crippen LogP contribution is -2.33. The number of hydrogen-bond acceptors (Lipinski definition) is 12. The molecular weight excluding hydrogens is 1590 g/mol. The molecule has 14 nitrogen and oxygen atoms in total. The van der Waals surface area contributed by atoms with Crippen LogP contribution in [0.3, 0.4) is 0 Å². The van der Waals surface area contributed by atoms with Crippen LogP contribution in [0.5, 0.6) is 0 Å². The van der Waals surface area contributed by atoms with E-state index in [9.17, 15) is 28.8 Å². The second-order valence-electron chi connectivity index (χ2n) is 41.5. The zero-order chi connectivity index (χ0) is 93.8. The van der Waals surface area contributed by atoms with E-state index in [0.29, 0.717) is 25.9 Å². The fourth-order valence-corrected chi connectivity index (χ4v) is 18.5. The van der Waals surface area contributed by atoms with Crippen LogP contribution in [0.1, 0.15) is 610 Å². The van der Waals surface area contributed by atoms with Crippen LogP contribution in [0.4, 0.5) is 0 Å². The molecule has 0 unspecified atom stereocenters. The van der Waals surface area contributed by atoms with Gasteiger partial charge >= 0.3 is 23.9 Å². The molecule has 0 aliphatic heterocycles. The number of nitrogens with zero attached hydrogens (tertiary/aromatic N) is 2. The summed E-state index contributed by atoms with van der Waals surface area (Å²) in [4.78, 5) is 86.1. The Morgan fingerprint density at radius 1 is 0.211 bits per heavy atom. The van der Waals surface area contributed by atoms with E-state index < -0.39 is 10.8 Å². The van der Waals surface area contributed by atoms with Crippen molar-refractivity contribution in [1.82, 2.24) is 20.4 Å². The molecule has 0 aromatic rings. The summed E-state index contributed by atoms with van der Waals surface area (Å²) < 4.78 is 25.2. The van der Waals surface area contributed by atoms with Gasteiger partial charge in [0.2, 0.25) is 11.8 Å². The van der Waals surface area contributed by atoms with Gasteiger partial charge in [-0.2, -0.15) is 0 Å². The lowest BCUT2D eigenvalue weighted by atomic mass is 9.86. The molecule has 758 valence electrons. The van der Waals surface area contributed by atoms with Gasteiger partial charge in [-0.15, -0.1) is 0 Å². The number of carbonyl (C=O) groups excluding carboxylic acids is 6. The number of amides is 2. The number of carbonyl (C=O) groups is 6. The first-order chi connectivity index (χ1) is 62.3. The molecular formula is C114H222N4O10. The summed E-state index contributed by atoms with van der Waals surface area (Å²) in [6, 6.07) is 0. The fraction of sp³-hybridized carbons (Fsp3) is 0.947. The summed E-state index contributed by atoms with van der Waals surface area (Å²) in [6.45, 7) is 33.5. The molecule has 0 aliphatic rings. The Kier molecular flexibility index (Phi) is 91.7. The van der Waals surface area contributed by atoms with E-state index in [4.69, 9.17) is 18.9 Å². The Bertz CT molecular complexity index is 2200. The lowest BCUT2D eigenvalue weighted by Gasteiger charge is -2.27. The highest BCUT2D eigenvalue weighted by molar-refractivity contribution is 5.83. The van der Waals surface area contributed by atoms with Crippen molar-refractivity contribution in [2.75, 3.05) is 52.4 Å². The van der Waals surface area contributed by atoms with Gasteiger partial charge in [-0.05, 0) is 234 Å². The Hall–Kier alpha value is -3.26. The Balaban J connectivity index is 5.89. The molecule has 0 rings (SSSR count). The third kappa shape index (κ3) is 83.3. The van der Waals surface area contributed by atoms with Gasteiger partial charge in [0, 0.05) is 38.8 Å². The third-order valence-corrected chi connectivity index (χ3v) is 27.6. The van der Waals surface area contributed by atoms with Crippen molar-refractivity contribution in [3.05, 3.63) is 0 Å². The van der Waals surface area contributed by atoms with Crippen LogP contribution in [0, 0.1) is 10.8 Å². The molecule has 0 bridgehead atoms. The number of hydrogen-bond donors (Lipinski definition) is 2. The highest BCUT2D eigenvalue weighted by atomic mass is 16.6. The van der Waals surface area contributed by atoms with Gasteiger partial charge in [0.1, 0.15) is 24.4 Å². The van der Waals surface area contributed by atoms with Gasteiger partial charge in [0.15, 0.2) is 0 Å². The average Bonchev–Trinajstić information content (AvgIpc) is 0.874. The van der Waals surface area contributed by atoms with Crippen LogP contribution in [-0.4, -0.2) is 122 Å². The third-order valence-electron chi connectivity index (χ3n) is 27.6. The van der Waals surface area contributed by atoms with Gasteiger partial charge in [0.25, 0.3) is 0 Å². The zero-order valence-electron chi connectivity index (χ0n) is 87.9. The molecule has 0 aliphatic carbocycles. The number of esters is 4. The highest BCUT2D eigenvalue weighted by Crippen LogP contribution is 2.32. The highest BCUT2D eigenvalue weighted by Gasteiger charge is 2.33. The first-order valence-corrected chi connectivity index (χ1v) is 57.1. The van der Waals surface area contributed by atoms with Crippen LogP contribution in [0.25, 0.3) is 0 Å². The number of nitrogens with one attached hydrogen (secondary N) is 2. The molecule has 128 heavy (non-hydrogen) atoms. The topological polar surface area (TPSA) is 170 Å². The van der Waals surface area contributed by atoms with Crippen molar-refractivity contribution < 1.29 is 47.7 Å². The lowest BCUT2D eigenvalue weighted by molar-refractivity contribution is -0.161. The molecule has 0 saturated heterocycles. The molecule has 2 N–H and O–H groups in total. The molecule has 0 aromatic carbocycles. The van der Waals surface area contributed by atoms with Crippen molar-refractivity contribution in [1.29, 1.82) is 0 Å². The van der Waals surface area contributed by atoms with Crippen LogP contribution in [-0.2, 0) is 47.7 Å². The van der Waals surface area contributed by atoms with E-state index in [0.717, 1.165) is 283 Å². The Labute approximate surface area is 796 Å². The molecule has 14 heteroatoms. The first-order valence-electron chi connectivity index (χ1n) is 57.1. The van der Waals surface area contributed by atoms with Gasteiger partial charge in [-0.25, -0.2) is 0 Å². The minimum atomic E-state index is -0.507. The molecule has 0 heterocycles. The number of ether oxygens (including phenoxy) is 4. The second kappa shape index (κ2) is 94.1. The standard InChI is InChI=1S/C114H222N4O10/c1-13-21-29-37-47-63-81-103(82-64-48-38-30-22-14-2)125-109(121)89-71-55-45-59-75-97-117(99-77-61-57-73-93-113(9,10)111(123)127-105(85-67-51-41-33-25-17-5)86-68-52-42-34-26-18-6)101-79-95-115-107(119)91-92-108(120)116-96-80-102-118(98-76-60-46-56-72-90-110(122)126-104(83-65-49-39-31-23-15-3)84-66-50-40-32-24-16-4)100-78-62-58-74-94-114(11,12)112(124)128-106(87-69-53-43-35-27-19-7)88-70-54-44-36-28-20-8/h103-106H,13-102H2,1-12H3,(H,115,119)(H,116,120). The van der Waals surface area contributed by atoms with E-state index in [1.54, 1.807) is 0 Å². The summed E-state index contributed by atoms with van der Waals surface area (Å²) in [7, 11) is 0. The zero-order valence-corrected chi connectivity index (χ0v) is 87.9. The van der Waals surface area contributed by atoms with E-state index in [1.165, 1.54) is 257 Å². The average molecular weight is 1810 g/mol. The largest absolute Gasteiger partial charge is 0.462 e. The van der Waals surface area contributed by atoms with Crippen molar-refractivity contribution in [2.24, 2.45) is 10.8 Å². The predicted octanol–water partition coefficient (Wildman–Crippen LogP) is 33.7. The van der Waals surface area contributed by atoms with Crippen molar-refractivity contribution in [2.45, 2.75) is 634 Å². The summed E-state index contributed by atoms with van der Waals surface area (Å²) in [5, 5.41) is 6.32. The molecule has 0 saturated carbocycles. The van der Waals surface area contributed by atoms with Crippen LogP contribution in [0.2, 0.25) is 0 Å². The summed E-state index contributed by atoms with van der Waals surface area (Å²) >= 11 is 0. The van der Waals surface area contributed by atoms with Gasteiger partial charge in [-0.1, -0.05) is 389 Å². The minimum absolute atomic E-state index is 0.00820. The maximum absolute atomic E-state index is 13.9. The Morgan fingerprint density at radius 2 is 0.391 bits per heavy atom. The van der Waals surface area contributed by atoms with E-state index >= 15 is 0 Å². The van der Waals surface area contributed by atoms with Crippen molar-refractivity contribution >= 4 is 35.7 Å². The maximum Gasteiger partial charge on any atom is 0.311 e. The first kappa shape index (κ1) is 125. The molecule has 0 spiro atoms. The van der Waals surface area contributed by atoms with Gasteiger partial charge in [0.05, 0.1) is 10.8 Å². The normalized spacial score (nSPS) is 12.0. The van der Waals surface area contributed by atoms with E-state index in [2.05, 4.69) is 104 Å². The van der Waals surface area contributed by atoms with Crippen LogP contribution >= 0.6 is 0 Å². The van der Waals surface area contributed by atoms with E-state index in [1.807, 2.05) is 0 Å². The number of unbranched alkanes of at least 4 members (excludes halogenated alkanes) is 54.